The van der Waals surface area contributed by atoms with Crippen LogP contribution in [-0.2, 0) is 0 Å². The summed E-state index contributed by atoms with van der Waals surface area (Å²) in [5, 5.41) is 0. The molecule has 0 bridgehead atoms. The van der Waals surface area contributed by atoms with Gasteiger partial charge >= 0.3 is 0 Å². The van der Waals surface area contributed by atoms with Gasteiger partial charge in [0.1, 0.15) is 0 Å². The van der Waals surface area contributed by atoms with Crippen LogP contribution in [0.3, 0.4) is 0 Å². The smallest absolute Gasteiger partial charge is 0.0119 e. The van der Waals surface area contributed by atoms with Crippen molar-refractivity contribution in [1.29, 1.82) is 0 Å². The molecule has 1 aliphatic rings. The second-order valence-electron chi connectivity index (χ2n) is 4.83. The van der Waals surface area contributed by atoms with E-state index in [0.717, 1.165) is 6.04 Å². The molecule has 1 fully saturated rings. The van der Waals surface area contributed by atoms with Gasteiger partial charge in [-0.15, -0.1) is 0 Å². The van der Waals surface area contributed by atoms with Crippen molar-refractivity contribution in [2.24, 2.45) is 0 Å². The minimum Gasteiger partial charge on any atom is -0.303 e. The van der Waals surface area contributed by atoms with Crippen LogP contribution in [0.2, 0.25) is 0 Å². The quantitative estimate of drug-likeness (QED) is 0.683. The minimum absolute atomic E-state index is 0.692. The summed E-state index contributed by atoms with van der Waals surface area (Å²) >= 11 is 0. The number of nitrogens with zero attached hydrogens (tertiary/aromatic N) is 2. The highest BCUT2D eigenvalue weighted by Gasteiger charge is 2.22. The van der Waals surface area contributed by atoms with Gasteiger partial charge in [0.05, 0.1) is 0 Å². The number of rotatable bonds is 4. The van der Waals surface area contributed by atoms with Gasteiger partial charge in [-0.1, -0.05) is 6.92 Å². The zero-order valence-electron chi connectivity index (χ0n) is 10.3. The van der Waals surface area contributed by atoms with Crippen molar-refractivity contribution in [1.82, 2.24) is 9.80 Å². The van der Waals surface area contributed by atoms with Crippen molar-refractivity contribution in [3.8, 4) is 0 Å². The van der Waals surface area contributed by atoms with Gasteiger partial charge in [0, 0.05) is 12.1 Å². The summed E-state index contributed by atoms with van der Waals surface area (Å²) in [6.07, 6.45) is 4.01. The molecule has 1 heterocycles. The van der Waals surface area contributed by atoms with Crippen LogP contribution in [0.1, 0.15) is 40.0 Å². The van der Waals surface area contributed by atoms with Crippen molar-refractivity contribution < 1.29 is 0 Å². The molecule has 0 saturated carbocycles. The molecular formula is C12H26N2. The summed E-state index contributed by atoms with van der Waals surface area (Å²) in [5.74, 6) is 0. The topological polar surface area (TPSA) is 6.48 Å². The summed E-state index contributed by atoms with van der Waals surface area (Å²) in [6.45, 7) is 10.7. The molecule has 0 N–H and O–H groups in total. The van der Waals surface area contributed by atoms with Gasteiger partial charge in [-0.05, 0) is 59.8 Å². The first-order valence-corrected chi connectivity index (χ1v) is 6.09. The van der Waals surface area contributed by atoms with Gasteiger partial charge in [-0.3, -0.25) is 0 Å². The molecule has 1 aliphatic heterocycles. The minimum atomic E-state index is 0.692. The first-order chi connectivity index (χ1) is 6.65. The lowest BCUT2D eigenvalue weighted by atomic mass is 10.0. The van der Waals surface area contributed by atoms with Crippen LogP contribution in [-0.4, -0.2) is 48.6 Å². The van der Waals surface area contributed by atoms with Crippen LogP contribution in [0, 0.1) is 0 Å². The molecule has 1 rings (SSSR count). The zero-order chi connectivity index (χ0) is 10.6. The molecule has 84 valence electrons. The first-order valence-electron chi connectivity index (χ1n) is 6.09. The maximum absolute atomic E-state index is 2.60. The van der Waals surface area contributed by atoms with Crippen molar-refractivity contribution in [3.63, 3.8) is 0 Å². The lowest BCUT2D eigenvalue weighted by molar-refractivity contribution is 0.107. The molecule has 0 unspecified atom stereocenters. The second-order valence-corrected chi connectivity index (χ2v) is 4.83. The van der Waals surface area contributed by atoms with E-state index in [-0.39, 0.29) is 0 Å². The van der Waals surface area contributed by atoms with E-state index in [9.17, 15) is 0 Å². The van der Waals surface area contributed by atoms with Gasteiger partial charge in [-0.25, -0.2) is 0 Å². The molecule has 0 aromatic heterocycles. The Morgan fingerprint density at radius 2 is 1.86 bits per heavy atom. The van der Waals surface area contributed by atoms with E-state index in [1.807, 2.05) is 0 Å². The van der Waals surface area contributed by atoms with Crippen molar-refractivity contribution in [3.05, 3.63) is 0 Å². The van der Waals surface area contributed by atoms with Crippen molar-refractivity contribution in [2.45, 2.75) is 52.1 Å². The summed E-state index contributed by atoms with van der Waals surface area (Å²) in [6, 6.07) is 1.51. The predicted molar refractivity (Wildman–Crippen MR) is 62.7 cm³/mol. The summed E-state index contributed by atoms with van der Waals surface area (Å²) in [4.78, 5) is 5.13. The van der Waals surface area contributed by atoms with E-state index in [2.05, 4.69) is 37.6 Å². The third-order valence-electron chi connectivity index (χ3n) is 3.49. The van der Waals surface area contributed by atoms with Gasteiger partial charge in [0.25, 0.3) is 0 Å². The number of piperidine rings is 1. The largest absolute Gasteiger partial charge is 0.303 e. The second kappa shape index (κ2) is 5.72. The SMILES string of the molecule is CCCN1CCC(N(C)C(C)C)CC1. The van der Waals surface area contributed by atoms with Crippen LogP contribution in [0.25, 0.3) is 0 Å². The molecule has 0 aromatic rings. The third-order valence-corrected chi connectivity index (χ3v) is 3.49. The van der Waals surface area contributed by atoms with E-state index in [0.29, 0.717) is 6.04 Å². The van der Waals surface area contributed by atoms with Crippen LogP contribution in [0.4, 0.5) is 0 Å². The maximum atomic E-state index is 2.60. The summed E-state index contributed by atoms with van der Waals surface area (Å²) in [7, 11) is 2.27. The standard InChI is InChI=1S/C12H26N2/c1-5-8-14-9-6-12(7-10-14)13(4)11(2)3/h11-12H,5-10H2,1-4H3. The Bertz CT molecular complexity index is 148. The van der Waals surface area contributed by atoms with Crippen LogP contribution < -0.4 is 0 Å². The predicted octanol–water partition coefficient (Wildman–Crippen LogP) is 2.20. The van der Waals surface area contributed by atoms with Gasteiger partial charge in [-0.2, -0.15) is 0 Å². The average molecular weight is 198 g/mol. The normalized spacial score (nSPS) is 21.0. The fraction of sp³-hybridized carbons (Fsp3) is 1.00. The van der Waals surface area contributed by atoms with Crippen LogP contribution in [0.5, 0.6) is 0 Å². The van der Waals surface area contributed by atoms with Crippen molar-refractivity contribution in [2.75, 3.05) is 26.7 Å². The Morgan fingerprint density at radius 1 is 1.29 bits per heavy atom. The van der Waals surface area contributed by atoms with Gasteiger partial charge in [0.15, 0.2) is 0 Å². The van der Waals surface area contributed by atoms with Gasteiger partial charge < -0.3 is 9.80 Å². The highest BCUT2D eigenvalue weighted by Crippen LogP contribution is 2.17. The lowest BCUT2D eigenvalue weighted by Crippen LogP contribution is -2.45. The molecule has 14 heavy (non-hydrogen) atoms. The first kappa shape index (κ1) is 12.0. The zero-order valence-corrected chi connectivity index (χ0v) is 10.3. The Kier molecular flexibility index (Phi) is 4.90. The van der Waals surface area contributed by atoms with E-state index < -0.39 is 0 Å². The number of hydrogen-bond acceptors (Lipinski definition) is 2. The van der Waals surface area contributed by atoms with E-state index in [1.165, 1.54) is 38.9 Å². The molecule has 0 aliphatic carbocycles. The number of hydrogen-bond donors (Lipinski definition) is 0. The maximum Gasteiger partial charge on any atom is 0.0119 e. The molecule has 0 spiro atoms. The Balaban J connectivity index is 2.28. The molecule has 0 amide bonds. The van der Waals surface area contributed by atoms with Crippen molar-refractivity contribution >= 4 is 0 Å². The molecule has 0 atom stereocenters. The summed E-state index contributed by atoms with van der Waals surface area (Å²) < 4.78 is 0. The third kappa shape index (κ3) is 3.25. The highest BCUT2D eigenvalue weighted by molar-refractivity contribution is 4.79. The Morgan fingerprint density at radius 3 is 2.29 bits per heavy atom. The Hall–Kier alpha value is -0.0800. The van der Waals surface area contributed by atoms with E-state index in [1.54, 1.807) is 0 Å². The van der Waals surface area contributed by atoms with Gasteiger partial charge in [0.2, 0.25) is 0 Å². The summed E-state index contributed by atoms with van der Waals surface area (Å²) in [5.41, 5.74) is 0. The molecule has 2 nitrogen and oxygen atoms in total. The molecule has 0 aromatic carbocycles. The molecule has 0 radical (unpaired) electrons. The highest BCUT2D eigenvalue weighted by atomic mass is 15.2. The fourth-order valence-corrected chi connectivity index (χ4v) is 2.29. The van der Waals surface area contributed by atoms with Crippen LogP contribution >= 0.6 is 0 Å². The fourth-order valence-electron chi connectivity index (χ4n) is 2.29. The lowest BCUT2D eigenvalue weighted by Gasteiger charge is -2.38. The Labute approximate surface area is 89.3 Å². The van der Waals surface area contributed by atoms with E-state index in [4.69, 9.17) is 0 Å². The molecule has 2 heteroatoms. The average Bonchev–Trinajstić information content (AvgIpc) is 2.18. The van der Waals surface area contributed by atoms with Crippen LogP contribution in [0.15, 0.2) is 0 Å². The van der Waals surface area contributed by atoms with E-state index >= 15 is 0 Å². The molecular weight excluding hydrogens is 172 g/mol. The monoisotopic (exact) mass is 198 g/mol. The number of likely N-dealkylation sites (tertiary alicyclic amines) is 1. The molecule has 1 saturated heterocycles.